The number of aromatic amines is 2. The highest BCUT2D eigenvalue weighted by Crippen LogP contribution is 2.38. The van der Waals surface area contributed by atoms with Crippen LogP contribution in [-0.2, 0) is 28.5 Å². The smallest absolute Gasteiger partial charge is 0.407 e. The lowest BCUT2D eigenvalue weighted by molar-refractivity contribution is -0.137. The number of hydrogen-bond acceptors (Lipinski definition) is 10. The largest absolute Gasteiger partial charge is 0.453 e. The number of nitrogens with zero attached hydrogens (tertiary/aromatic N) is 4. The lowest BCUT2D eigenvalue weighted by Crippen LogP contribution is -2.53. The molecule has 4 aliphatic rings. The number of H-pyrrole nitrogens is 2. The normalized spacial score (nSPS) is 20.3. The van der Waals surface area contributed by atoms with E-state index < -0.39 is 24.3 Å². The molecule has 0 unspecified atom stereocenters. The maximum atomic E-state index is 14.1. The summed E-state index contributed by atoms with van der Waals surface area (Å²) in [7, 11) is 2.59. The van der Waals surface area contributed by atoms with Gasteiger partial charge in [0.05, 0.1) is 50.1 Å². The topological polar surface area (TPSA) is 193 Å². The van der Waals surface area contributed by atoms with E-state index in [0.717, 1.165) is 55.6 Å². The van der Waals surface area contributed by atoms with E-state index in [9.17, 15) is 19.2 Å². The van der Waals surface area contributed by atoms with Gasteiger partial charge in [0.2, 0.25) is 11.8 Å². The monoisotopic (exact) mass is 896 g/mol. The summed E-state index contributed by atoms with van der Waals surface area (Å²) in [4.78, 5) is 72.9. The summed E-state index contributed by atoms with van der Waals surface area (Å²) >= 11 is 0. The molecule has 0 radical (unpaired) electrons. The number of likely N-dealkylation sites (tertiary alicyclic amines) is 2. The molecule has 0 saturated carbocycles. The Hall–Kier alpha value is -6.78. The number of nitrogens with one attached hydrogen (secondary N) is 4. The summed E-state index contributed by atoms with van der Waals surface area (Å²) in [6, 6.07) is 18.8. The van der Waals surface area contributed by atoms with Gasteiger partial charge < -0.3 is 49.3 Å². The molecule has 4 atom stereocenters. The number of carbonyl (C=O) groups is 4. The van der Waals surface area contributed by atoms with E-state index in [4.69, 9.17) is 28.9 Å². The van der Waals surface area contributed by atoms with Crippen LogP contribution in [0.2, 0.25) is 0 Å². The number of imidazole rings is 2. The molecule has 9 rings (SSSR count). The second kappa shape index (κ2) is 19.4. The molecule has 4 aliphatic heterocycles. The Kier molecular flexibility index (Phi) is 13.0. The highest BCUT2D eigenvalue weighted by molar-refractivity contribution is 5.91. The third-order valence-electron chi connectivity index (χ3n) is 13.5. The maximum Gasteiger partial charge on any atom is 0.407 e. The molecular formula is C50H56N8O8. The molecule has 0 spiro atoms. The minimum absolute atomic E-state index is 0.0697. The fraction of sp³-hybridized carbons (Fsp3) is 0.400. The third-order valence-corrected chi connectivity index (χ3v) is 13.5. The van der Waals surface area contributed by atoms with Crippen molar-refractivity contribution < 1.29 is 38.1 Å². The van der Waals surface area contributed by atoms with Gasteiger partial charge in [0.25, 0.3) is 0 Å². The van der Waals surface area contributed by atoms with Crippen LogP contribution in [0.5, 0.6) is 0 Å². The third kappa shape index (κ3) is 9.33. The lowest BCUT2D eigenvalue weighted by atomic mass is 9.90. The van der Waals surface area contributed by atoms with Gasteiger partial charge in [-0.3, -0.25) is 9.59 Å². The lowest BCUT2D eigenvalue weighted by Gasteiger charge is -2.34. The molecule has 4 amide bonds. The van der Waals surface area contributed by atoms with Gasteiger partial charge in [-0.25, -0.2) is 19.6 Å². The van der Waals surface area contributed by atoms with Gasteiger partial charge in [0.15, 0.2) is 0 Å². The van der Waals surface area contributed by atoms with Gasteiger partial charge in [-0.1, -0.05) is 72.8 Å². The summed E-state index contributed by atoms with van der Waals surface area (Å²) in [5.74, 6) is 0.826. The van der Waals surface area contributed by atoms with E-state index in [-0.39, 0.29) is 35.7 Å². The number of fused-ring (bicyclic) bond motifs is 1. The Balaban J connectivity index is 0.877. The molecule has 4 N–H and O–H groups in total. The minimum atomic E-state index is -0.742. The first kappa shape index (κ1) is 44.4. The highest BCUT2D eigenvalue weighted by atomic mass is 16.5. The molecule has 16 heteroatoms. The van der Waals surface area contributed by atoms with Gasteiger partial charge in [0, 0.05) is 45.1 Å². The van der Waals surface area contributed by atoms with E-state index in [0.29, 0.717) is 89.7 Å². The Bertz CT molecular complexity index is 2630. The number of amides is 4. The summed E-state index contributed by atoms with van der Waals surface area (Å²) in [5, 5.41) is 7.75. The Labute approximate surface area is 383 Å². The molecule has 6 heterocycles. The second-order valence-corrected chi connectivity index (χ2v) is 17.7. The zero-order chi connectivity index (χ0) is 45.9. The van der Waals surface area contributed by atoms with Crippen molar-refractivity contribution >= 4 is 34.8 Å². The zero-order valence-electron chi connectivity index (χ0n) is 37.3. The number of rotatable bonds is 11. The molecule has 3 aromatic carbocycles. The molecule has 2 aromatic heterocycles. The van der Waals surface area contributed by atoms with Crippen molar-refractivity contribution in [3.63, 3.8) is 0 Å². The summed E-state index contributed by atoms with van der Waals surface area (Å²) < 4.78 is 20.8. The number of ether oxygens (including phenoxy) is 4. The maximum absolute atomic E-state index is 14.1. The van der Waals surface area contributed by atoms with E-state index >= 15 is 0 Å². The first-order valence-electron chi connectivity index (χ1n) is 22.6. The fourth-order valence-corrected chi connectivity index (χ4v) is 9.88. The van der Waals surface area contributed by atoms with Crippen molar-refractivity contribution in [2.75, 3.05) is 53.7 Å². The molecule has 4 saturated heterocycles. The first-order chi connectivity index (χ1) is 32.1. The number of carbonyl (C=O) groups excluding carboxylic acids is 4. The average molecular weight is 897 g/mol. The van der Waals surface area contributed by atoms with Crippen LogP contribution in [0.25, 0.3) is 44.4 Å². The van der Waals surface area contributed by atoms with Crippen LogP contribution in [0, 0.1) is 11.8 Å². The Morgan fingerprint density at radius 1 is 0.621 bits per heavy atom. The number of methoxy groups -OCH3 is 2. The van der Waals surface area contributed by atoms with Crippen LogP contribution in [0.15, 0.2) is 97.4 Å². The molecule has 344 valence electrons. The number of benzene rings is 3. The van der Waals surface area contributed by atoms with Gasteiger partial charge in [-0.15, -0.1) is 0 Å². The molecule has 0 bridgehead atoms. The fourth-order valence-electron chi connectivity index (χ4n) is 9.88. The van der Waals surface area contributed by atoms with Crippen molar-refractivity contribution in [3.8, 4) is 33.6 Å². The summed E-state index contributed by atoms with van der Waals surface area (Å²) in [6.45, 7) is 11.3. The molecule has 66 heavy (non-hydrogen) atoms. The van der Waals surface area contributed by atoms with Crippen LogP contribution in [0.1, 0.15) is 62.3 Å². The van der Waals surface area contributed by atoms with Crippen LogP contribution in [-0.4, -0.2) is 120 Å². The quantitative estimate of drug-likeness (QED) is 0.0982. The standard InChI is InChI=1S/C50H56N8O8/c1-29-21-41(57(27-29)47(59)43(55-49(61)63-3)33-13-17-65-18-14-33)45-51-25-39(53-45)32-7-5-31(6-8-32)35-9-10-37-24-38(12-11-36(37)23-35)40-26-52-46(54-40)42-22-30(2)28-58(42)48(60)44(56-50(62)64-4)34-15-19-66-20-16-34/h5-12,23-26,33-34,41-44H,1-2,13-22,27-28H2,3-4H3,(H,51,53)(H,52,54)(H,55,61)(H,56,62)/t41-,42-,43-,44-/m0/s1. The van der Waals surface area contributed by atoms with Gasteiger partial charge in [-0.2, -0.15) is 0 Å². The molecular weight excluding hydrogens is 841 g/mol. The molecule has 0 aliphatic carbocycles. The van der Waals surface area contributed by atoms with Crippen molar-refractivity contribution in [2.24, 2.45) is 11.8 Å². The van der Waals surface area contributed by atoms with Crippen molar-refractivity contribution in [1.82, 2.24) is 40.4 Å². The zero-order valence-corrected chi connectivity index (χ0v) is 37.3. The minimum Gasteiger partial charge on any atom is -0.453 e. The predicted octanol–water partition coefficient (Wildman–Crippen LogP) is 7.25. The van der Waals surface area contributed by atoms with Crippen LogP contribution in [0.4, 0.5) is 9.59 Å². The van der Waals surface area contributed by atoms with Crippen LogP contribution >= 0.6 is 0 Å². The van der Waals surface area contributed by atoms with Crippen LogP contribution < -0.4 is 10.6 Å². The number of alkyl carbamates (subject to hydrolysis) is 2. The van der Waals surface area contributed by atoms with Gasteiger partial charge >= 0.3 is 12.2 Å². The van der Waals surface area contributed by atoms with Gasteiger partial charge in [-0.05, 0) is 90.0 Å². The number of hydrogen-bond donors (Lipinski definition) is 4. The van der Waals surface area contributed by atoms with Crippen molar-refractivity contribution in [1.29, 1.82) is 0 Å². The predicted molar refractivity (Wildman–Crippen MR) is 247 cm³/mol. The van der Waals surface area contributed by atoms with E-state index in [1.54, 1.807) is 22.2 Å². The highest BCUT2D eigenvalue weighted by Gasteiger charge is 2.43. The molecule has 4 fully saturated rings. The first-order valence-corrected chi connectivity index (χ1v) is 22.6. The van der Waals surface area contributed by atoms with E-state index in [1.807, 2.05) is 0 Å². The number of aromatic nitrogens is 4. The van der Waals surface area contributed by atoms with Crippen LogP contribution in [0.3, 0.4) is 0 Å². The second-order valence-electron chi connectivity index (χ2n) is 17.7. The van der Waals surface area contributed by atoms with E-state index in [2.05, 4.69) is 94.4 Å². The summed E-state index contributed by atoms with van der Waals surface area (Å²) in [6.07, 6.45) is 6.11. The SMILES string of the molecule is C=C1C[C@@H](c2ncc(-c3ccc(-c4ccc5cc(-c6cnc([C@@H]7CC(=C)CN7C(=O)[C@@H](NC(=O)OC)C7CCOCC7)[nH]6)ccc5c4)cc3)[nH]2)N(C(=O)[C@@H](NC(=O)OC)C2CCOCC2)C1. The Morgan fingerprint density at radius 3 is 1.50 bits per heavy atom. The van der Waals surface area contributed by atoms with Crippen molar-refractivity contribution in [3.05, 3.63) is 109 Å². The molecule has 5 aromatic rings. The average Bonchev–Trinajstić information content (AvgIpc) is 4.19. The molecule has 16 nitrogen and oxygen atoms in total. The van der Waals surface area contributed by atoms with Crippen molar-refractivity contribution in [2.45, 2.75) is 62.7 Å². The Morgan fingerprint density at radius 2 is 1.03 bits per heavy atom. The van der Waals surface area contributed by atoms with Gasteiger partial charge in [0.1, 0.15) is 23.7 Å². The van der Waals surface area contributed by atoms with E-state index in [1.165, 1.54) is 14.2 Å². The summed E-state index contributed by atoms with van der Waals surface area (Å²) in [5.41, 5.74) is 7.54.